The second-order valence-electron chi connectivity index (χ2n) is 5.03. The summed E-state index contributed by atoms with van der Waals surface area (Å²) in [6, 6.07) is 7.66. The number of amides is 1. The monoisotopic (exact) mass is 304 g/mol. The van der Waals surface area contributed by atoms with E-state index in [1.807, 2.05) is 52.1 Å². The minimum Gasteiger partial charge on any atom is -0.354 e. The van der Waals surface area contributed by atoms with Gasteiger partial charge in [0, 0.05) is 17.6 Å². The van der Waals surface area contributed by atoms with Gasteiger partial charge in [-0.25, -0.2) is 0 Å². The number of halogens is 2. The Morgan fingerprint density at radius 3 is 2.32 bits per heavy atom. The molecule has 0 fully saturated rings. The van der Waals surface area contributed by atoms with E-state index in [1.54, 1.807) is 0 Å². The molecule has 1 atom stereocenters. The zero-order chi connectivity index (χ0) is 13.8. The topological polar surface area (TPSA) is 41.1 Å². The average molecular weight is 305 g/mol. The molecule has 0 saturated carbocycles. The highest BCUT2D eigenvalue weighted by Gasteiger charge is 2.29. The van der Waals surface area contributed by atoms with E-state index in [0.717, 1.165) is 5.56 Å². The predicted octanol–water partition coefficient (Wildman–Crippen LogP) is 2.76. The molecule has 1 rings (SSSR count). The third-order valence-corrected chi connectivity index (χ3v) is 3.45. The number of carbonyl (C=O) groups excluding carboxylic acids is 1. The van der Waals surface area contributed by atoms with Gasteiger partial charge in [0.1, 0.15) is 0 Å². The molecular formula is C14H22Cl2N2O. The summed E-state index contributed by atoms with van der Waals surface area (Å²) < 4.78 is 0. The van der Waals surface area contributed by atoms with Crippen molar-refractivity contribution in [2.24, 2.45) is 0 Å². The van der Waals surface area contributed by atoms with Crippen molar-refractivity contribution in [1.82, 2.24) is 10.6 Å². The summed E-state index contributed by atoms with van der Waals surface area (Å²) in [5.41, 5.74) is 0.402. The molecule has 0 aliphatic rings. The fraction of sp³-hybridized carbons (Fsp3) is 0.500. The van der Waals surface area contributed by atoms with E-state index in [-0.39, 0.29) is 24.4 Å². The minimum atomic E-state index is -0.557. The van der Waals surface area contributed by atoms with Crippen molar-refractivity contribution < 1.29 is 4.79 Å². The van der Waals surface area contributed by atoms with Gasteiger partial charge in [-0.2, -0.15) is 0 Å². The molecule has 108 valence electrons. The van der Waals surface area contributed by atoms with Gasteiger partial charge in [0.2, 0.25) is 5.91 Å². The summed E-state index contributed by atoms with van der Waals surface area (Å²) in [6.07, 6.45) is 0. The first-order chi connectivity index (χ1) is 8.37. The fourth-order valence-electron chi connectivity index (χ4n) is 1.57. The van der Waals surface area contributed by atoms with Crippen molar-refractivity contribution in [2.45, 2.75) is 32.2 Å². The summed E-state index contributed by atoms with van der Waals surface area (Å²) in [6.45, 7) is 6.47. The van der Waals surface area contributed by atoms with Crippen molar-refractivity contribution in [3.05, 3.63) is 34.9 Å². The van der Waals surface area contributed by atoms with Gasteiger partial charge >= 0.3 is 0 Å². The number of hydrogen-bond acceptors (Lipinski definition) is 2. The Morgan fingerprint density at radius 2 is 1.84 bits per heavy atom. The molecule has 5 heteroatoms. The maximum Gasteiger partial charge on any atom is 0.230 e. The smallest absolute Gasteiger partial charge is 0.230 e. The number of nitrogens with one attached hydrogen (secondary N) is 2. The molecule has 0 aliphatic carbocycles. The van der Waals surface area contributed by atoms with Gasteiger partial charge in [0.05, 0.1) is 5.41 Å². The normalized spacial score (nSPS) is 12.5. The first kappa shape index (κ1) is 18.2. The molecule has 0 saturated heterocycles. The molecule has 2 N–H and O–H groups in total. The van der Waals surface area contributed by atoms with Crippen molar-refractivity contribution in [3.8, 4) is 0 Å². The van der Waals surface area contributed by atoms with Crippen molar-refractivity contribution >= 4 is 29.9 Å². The lowest BCUT2D eigenvalue weighted by atomic mass is 9.83. The van der Waals surface area contributed by atoms with Crippen LogP contribution in [0, 0.1) is 0 Å². The summed E-state index contributed by atoms with van der Waals surface area (Å²) >= 11 is 5.85. The van der Waals surface area contributed by atoms with Crippen LogP contribution in [0.15, 0.2) is 24.3 Å². The Balaban J connectivity index is 0.00000324. The molecular weight excluding hydrogens is 283 g/mol. The molecule has 0 radical (unpaired) electrons. The van der Waals surface area contributed by atoms with Crippen LogP contribution in [0.2, 0.25) is 5.02 Å². The van der Waals surface area contributed by atoms with Crippen molar-refractivity contribution in [1.29, 1.82) is 0 Å². The molecule has 1 aromatic carbocycles. The van der Waals surface area contributed by atoms with Crippen LogP contribution < -0.4 is 10.6 Å². The van der Waals surface area contributed by atoms with Crippen molar-refractivity contribution in [3.63, 3.8) is 0 Å². The third-order valence-electron chi connectivity index (χ3n) is 3.20. The van der Waals surface area contributed by atoms with Gasteiger partial charge in [-0.1, -0.05) is 23.7 Å². The van der Waals surface area contributed by atoms with E-state index in [4.69, 9.17) is 11.6 Å². The number of carbonyl (C=O) groups is 1. The van der Waals surface area contributed by atoms with E-state index in [1.165, 1.54) is 0 Å². The summed E-state index contributed by atoms with van der Waals surface area (Å²) in [7, 11) is 1.88. The molecule has 0 heterocycles. The van der Waals surface area contributed by atoms with Crippen LogP contribution in [0.3, 0.4) is 0 Å². The van der Waals surface area contributed by atoms with Gasteiger partial charge in [-0.15, -0.1) is 12.4 Å². The lowest BCUT2D eigenvalue weighted by Crippen LogP contribution is -2.45. The van der Waals surface area contributed by atoms with E-state index < -0.39 is 5.41 Å². The number of likely N-dealkylation sites (N-methyl/N-ethyl adjacent to an activating group) is 1. The minimum absolute atomic E-state index is 0. The lowest BCUT2D eigenvalue weighted by molar-refractivity contribution is -0.125. The molecule has 1 amide bonds. The number of benzene rings is 1. The van der Waals surface area contributed by atoms with E-state index in [2.05, 4.69) is 10.6 Å². The highest BCUT2D eigenvalue weighted by Crippen LogP contribution is 2.24. The molecule has 19 heavy (non-hydrogen) atoms. The zero-order valence-corrected chi connectivity index (χ0v) is 13.4. The molecule has 1 unspecified atom stereocenters. The molecule has 0 bridgehead atoms. The van der Waals surface area contributed by atoms with Crippen LogP contribution >= 0.6 is 24.0 Å². The van der Waals surface area contributed by atoms with Crippen molar-refractivity contribution in [2.75, 3.05) is 13.6 Å². The fourth-order valence-corrected chi connectivity index (χ4v) is 1.69. The first-order valence-corrected chi connectivity index (χ1v) is 6.47. The Hall–Kier alpha value is -0.770. The van der Waals surface area contributed by atoms with Gasteiger partial charge < -0.3 is 10.6 Å². The standard InChI is InChI=1S/C14H21ClN2O.ClH/c1-10(16-4)9-17-13(18)14(2,3)11-5-7-12(15)8-6-11;/h5-8,10,16H,9H2,1-4H3,(H,17,18);1H. The Labute approximate surface area is 126 Å². The summed E-state index contributed by atoms with van der Waals surface area (Å²) in [4.78, 5) is 12.2. The maximum absolute atomic E-state index is 12.2. The summed E-state index contributed by atoms with van der Waals surface area (Å²) in [5, 5.41) is 6.72. The maximum atomic E-state index is 12.2. The van der Waals surface area contributed by atoms with Gasteiger partial charge in [-0.3, -0.25) is 4.79 Å². The van der Waals surface area contributed by atoms with Crippen LogP contribution in [0.4, 0.5) is 0 Å². The van der Waals surface area contributed by atoms with Gasteiger partial charge in [-0.05, 0) is 45.5 Å². The number of hydrogen-bond donors (Lipinski definition) is 2. The summed E-state index contributed by atoms with van der Waals surface area (Å²) in [5.74, 6) is 0.0203. The molecule has 1 aromatic rings. The number of rotatable bonds is 5. The highest BCUT2D eigenvalue weighted by molar-refractivity contribution is 6.30. The van der Waals surface area contributed by atoms with E-state index in [9.17, 15) is 4.79 Å². The molecule has 0 aliphatic heterocycles. The highest BCUT2D eigenvalue weighted by atomic mass is 35.5. The van der Waals surface area contributed by atoms with Crippen LogP contribution in [0.1, 0.15) is 26.3 Å². The second kappa shape index (κ2) is 7.73. The molecule has 0 aromatic heterocycles. The van der Waals surface area contributed by atoms with Gasteiger partial charge in [0.15, 0.2) is 0 Å². The SMILES string of the molecule is CNC(C)CNC(=O)C(C)(C)c1ccc(Cl)cc1.Cl. The van der Waals surface area contributed by atoms with Crippen LogP contribution in [-0.2, 0) is 10.2 Å². The van der Waals surface area contributed by atoms with Crippen LogP contribution in [-0.4, -0.2) is 25.5 Å². The first-order valence-electron chi connectivity index (χ1n) is 6.09. The quantitative estimate of drug-likeness (QED) is 0.878. The third kappa shape index (κ3) is 5.01. The largest absolute Gasteiger partial charge is 0.354 e. The van der Waals surface area contributed by atoms with Crippen LogP contribution in [0.25, 0.3) is 0 Å². The van der Waals surface area contributed by atoms with Gasteiger partial charge in [0.25, 0.3) is 0 Å². The zero-order valence-electron chi connectivity index (χ0n) is 11.8. The Morgan fingerprint density at radius 1 is 1.32 bits per heavy atom. The van der Waals surface area contributed by atoms with E-state index in [0.29, 0.717) is 11.6 Å². The predicted molar refractivity (Wildman–Crippen MR) is 83.3 cm³/mol. The molecule has 0 spiro atoms. The lowest BCUT2D eigenvalue weighted by Gasteiger charge is -2.25. The Bertz CT molecular complexity index is 404. The molecule has 3 nitrogen and oxygen atoms in total. The second-order valence-corrected chi connectivity index (χ2v) is 5.47. The van der Waals surface area contributed by atoms with Crippen LogP contribution in [0.5, 0.6) is 0 Å². The van der Waals surface area contributed by atoms with E-state index >= 15 is 0 Å². The average Bonchev–Trinajstić information content (AvgIpc) is 2.35. The Kier molecular flexibility index (Phi) is 7.42.